The number of rotatable bonds is 4. The number of hydrogen-bond acceptors (Lipinski definition) is 2. The van der Waals surface area contributed by atoms with Crippen molar-refractivity contribution in [1.82, 2.24) is 10.2 Å². The van der Waals surface area contributed by atoms with Gasteiger partial charge in [-0.3, -0.25) is 9.69 Å². The zero-order valence-electron chi connectivity index (χ0n) is 12.5. The lowest BCUT2D eigenvalue weighted by molar-refractivity contribution is -0.120. The van der Waals surface area contributed by atoms with Crippen molar-refractivity contribution in [1.29, 1.82) is 0 Å². The topological polar surface area (TPSA) is 32.3 Å². The Balaban J connectivity index is 2.14. The Labute approximate surface area is 124 Å². The van der Waals surface area contributed by atoms with Crippen LogP contribution in [0.4, 0.5) is 8.78 Å². The highest BCUT2D eigenvalue weighted by atomic mass is 19.1. The fourth-order valence-corrected chi connectivity index (χ4v) is 3.14. The molecule has 0 spiro atoms. The van der Waals surface area contributed by atoms with Gasteiger partial charge in [-0.25, -0.2) is 8.78 Å². The van der Waals surface area contributed by atoms with Crippen LogP contribution in [0.5, 0.6) is 0 Å². The fourth-order valence-electron chi connectivity index (χ4n) is 3.14. The van der Waals surface area contributed by atoms with Gasteiger partial charge in [-0.15, -0.1) is 0 Å². The van der Waals surface area contributed by atoms with Crippen LogP contribution in [0.1, 0.15) is 44.7 Å². The maximum absolute atomic E-state index is 14.0. The number of halogens is 2. The summed E-state index contributed by atoms with van der Waals surface area (Å²) in [6, 6.07) is 3.79. The number of hydrogen-bond donors (Lipinski definition) is 1. The van der Waals surface area contributed by atoms with Gasteiger partial charge in [0, 0.05) is 37.2 Å². The van der Waals surface area contributed by atoms with E-state index in [9.17, 15) is 13.6 Å². The normalized spacial score (nSPS) is 21.0. The highest BCUT2D eigenvalue weighted by Crippen LogP contribution is 2.29. The molecule has 0 saturated carbocycles. The molecule has 116 valence electrons. The van der Waals surface area contributed by atoms with Crippen molar-refractivity contribution < 1.29 is 13.6 Å². The third-order valence-corrected chi connectivity index (χ3v) is 4.01. The summed E-state index contributed by atoms with van der Waals surface area (Å²) in [4.78, 5) is 13.4. The van der Waals surface area contributed by atoms with Crippen molar-refractivity contribution in [2.24, 2.45) is 0 Å². The molecule has 1 aliphatic rings. The number of amides is 1. The van der Waals surface area contributed by atoms with Crippen molar-refractivity contribution >= 4 is 5.91 Å². The molecule has 1 heterocycles. The quantitative estimate of drug-likeness (QED) is 0.926. The average molecular weight is 296 g/mol. The lowest BCUT2D eigenvalue weighted by Gasteiger charge is -2.38. The zero-order chi connectivity index (χ0) is 15.4. The Hall–Kier alpha value is -1.49. The molecule has 0 aromatic heterocycles. The van der Waals surface area contributed by atoms with Crippen LogP contribution in [-0.4, -0.2) is 29.9 Å². The third kappa shape index (κ3) is 4.00. The number of nitrogens with one attached hydrogen (secondary N) is 1. The molecule has 1 aromatic carbocycles. The molecule has 1 N–H and O–H groups in total. The molecule has 0 radical (unpaired) electrons. The molecule has 2 rings (SSSR count). The molecule has 1 fully saturated rings. The number of likely N-dealkylation sites (tertiary alicyclic amines) is 1. The third-order valence-electron chi connectivity index (χ3n) is 4.01. The van der Waals surface area contributed by atoms with Gasteiger partial charge in [0.05, 0.1) is 0 Å². The first-order valence-corrected chi connectivity index (χ1v) is 7.47. The molecule has 2 unspecified atom stereocenters. The second-order valence-corrected chi connectivity index (χ2v) is 5.62. The first kappa shape index (κ1) is 15.9. The van der Waals surface area contributed by atoms with Gasteiger partial charge < -0.3 is 5.32 Å². The van der Waals surface area contributed by atoms with E-state index in [1.807, 2.05) is 6.92 Å². The summed E-state index contributed by atoms with van der Waals surface area (Å²) in [6.07, 6.45) is 2.65. The maximum atomic E-state index is 14.0. The van der Waals surface area contributed by atoms with Gasteiger partial charge in [0.15, 0.2) is 0 Å². The largest absolute Gasteiger partial charge is 0.352 e. The van der Waals surface area contributed by atoms with Crippen molar-refractivity contribution in [3.05, 3.63) is 35.4 Å². The highest BCUT2D eigenvalue weighted by molar-refractivity contribution is 5.73. The van der Waals surface area contributed by atoms with Crippen LogP contribution in [0, 0.1) is 11.6 Å². The molecule has 1 aliphatic heterocycles. The van der Waals surface area contributed by atoms with Gasteiger partial charge in [0.1, 0.15) is 11.6 Å². The van der Waals surface area contributed by atoms with Gasteiger partial charge in [0.2, 0.25) is 5.91 Å². The van der Waals surface area contributed by atoms with Crippen LogP contribution < -0.4 is 5.32 Å². The van der Waals surface area contributed by atoms with Crippen LogP contribution in [0.2, 0.25) is 0 Å². The standard InChI is InChI=1S/C16H22F2N2O/c1-3-16(14-7-6-12(17)9-15(14)18)20-8-4-5-13(10-20)19-11(2)21/h6-7,9,13,16H,3-5,8,10H2,1-2H3,(H,19,21). The van der Waals surface area contributed by atoms with Crippen molar-refractivity contribution in [2.75, 3.05) is 13.1 Å². The molecule has 1 saturated heterocycles. The number of benzene rings is 1. The summed E-state index contributed by atoms with van der Waals surface area (Å²) in [5.41, 5.74) is 0.530. The monoisotopic (exact) mass is 296 g/mol. The number of piperidine rings is 1. The predicted octanol–water partition coefficient (Wildman–Crippen LogP) is 3.02. The minimum atomic E-state index is -0.555. The summed E-state index contributed by atoms with van der Waals surface area (Å²) in [5, 5.41) is 2.93. The maximum Gasteiger partial charge on any atom is 0.217 e. The first-order chi connectivity index (χ1) is 10.0. The van der Waals surface area contributed by atoms with Crippen LogP contribution in [0.25, 0.3) is 0 Å². The predicted molar refractivity (Wildman–Crippen MR) is 77.8 cm³/mol. The van der Waals surface area contributed by atoms with E-state index in [1.165, 1.54) is 19.1 Å². The summed E-state index contributed by atoms with van der Waals surface area (Å²) in [5.74, 6) is -1.09. The van der Waals surface area contributed by atoms with E-state index in [-0.39, 0.29) is 18.0 Å². The van der Waals surface area contributed by atoms with Crippen LogP contribution in [0.3, 0.4) is 0 Å². The van der Waals surface area contributed by atoms with E-state index < -0.39 is 11.6 Å². The smallest absolute Gasteiger partial charge is 0.217 e. The van der Waals surface area contributed by atoms with Crippen LogP contribution in [-0.2, 0) is 4.79 Å². The summed E-state index contributed by atoms with van der Waals surface area (Å²) in [7, 11) is 0. The number of carbonyl (C=O) groups is 1. The molecule has 5 heteroatoms. The second-order valence-electron chi connectivity index (χ2n) is 5.62. The first-order valence-electron chi connectivity index (χ1n) is 7.47. The Morgan fingerprint density at radius 3 is 2.86 bits per heavy atom. The Morgan fingerprint density at radius 2 is 2.24 bits per heavy atom. The summed E-state index contributed by atoms with van der Waals surface area (Å²) < 4.78 is 27.1. The number of nitrogens with zero attached hydrogens (tertiary/aromatic N) is 1. The van der Waals surface area contributed by atoms with Gasteiger partial charge in [-0.05, 0) is 31.9 Å². The van der Waals surface area contributed by atoms with E-state index in [0.717, 1.165) is 31.9 Å². The van der Waals surface area contributed by atoms with E-state index >= 15 is 0 Å². The molecule has 1 amide bonds. The minimum Gasteiger partial charge on any atom is -0.352 e. The fraction of sp³-hybridized carbons (Fsp3) is 0.562. The SMILES string of the molecule is CCC(c1ccc(F)cc1F)N1CCCC(NC(C)=O)C1. The Kier molecular flexibility index (Phi) is 5.28. The highest BCUT2D eigenvalue weighted by Gasteiger charge is 2.27. The molecule has 2 atom stereocenters. The van der Waals surface area contributed by atoms with Crippen LogP contribution in [0.15, 0.2) is 18.2 Å². The lowest BCUT2D eigenvalue weighted by atomic mass is 9.97. The second kappa shape index (κ2) is 6.98. The zero-order valence-corrected chi connectivity index (χ0v) is 12.5. The van der Waals surface area contributed by atoms with Gasteiger partial charge in [-0.2, -0.15) is 0 Å². The Morgan fingerprint density at radius 1 is 1.48 bits per heavy atom. The molecule has 21 heavy (non-hydrogen) atoms. The van der Waals surface area contributed by atoms with Crippen molar-refractivity contribution in [2.45, 2.75) is 45.2 Å². The summed E-state index contributed by atoms with van der Waals surface area (Å²) >= 11 is 0. The average Bonchev–Trinajstić information content (AvgIpc) is 2.41. The molecule has 0 bridgehead atoms. The van der Waals surface area contributed by atoms with E-state index in [0.29, 0.717) is 12.1 Å². The number of carbonyl (C=O) groups excluding carboxylic acids is 1. The lowest BCUT2D eigenvalue weighted by Crippen LogP contribution is -2.48. The van der Waals surface area contributed by atoms with E-state index in [1.54, 1.807) is 0 Å². The van der Waals surface area contributed by atoms with Crippen molar-refractivity contribution in [3.8, 4) is 0 Å². The van der Waals surface area contributed by atoms with Gasteiger partial charge in [-0.1, -0.05) is 13.0 Å². The molecular weight excluding hydrogens is 274 g/mol. The molecule has 0 aliphatic carbocycles. The van der Waals surface area contributed by atoms with Gasteiger partial charge >= 0.3 is 0 Å². The minimum absolute atomic E-state index is 0.0390. The van der Waals surface area contributed by atoms with E-state index in [4.69, 9.17) is 0 Å². The van der Waals surface area contributed by atoms with Crippen LogP contribution >= 0.6 is 0 Å². The van der Waals surface area contributed by atoms with Gasteiger partial charge in [0.25, 0.3) is 0 Å². The molecule has 1 aromatic rings. The van der Waals surface area contributed by atoms with Crippen molar-refractivity contribution in [3.63, 3.8) is 0 Å². The summed E-state index contributed by atoms with van der Waals surface area (Å²) in [6.45, 7) is 5.08. The van der Waals surface area contributed by atoms with E-state index in [2.05, 4.69) is 10.2 Å². The molecule has 3 nitrogen and oxygen atoms in total. The Bertz CT molecular complexity index is 507. The molecular formula is C16H22F2N2O.